The van der Waals surface area contributed by atoms with Gasteiger partial charge in [0.25, 0.3) is 0 Å². The summed E-state index contributed by atoms with van der Waals surface area (Å²) in [6, 6.07) is 7.90. The summed E-state index contributed by atoms with van der Waals surface area (Å²) in [5, 5.41) is 22.5. The van der Waals surface area contributed by atoms with Gasteiger partial charge in [-0.05, 0) is 43.0 Å². The molecule has 1 atom stereocenters. The molecule has 1 heterocycles. The van der Waals surface area contributed by atoms with E-state index in [1.54, 1.807) is 19.1 Å². The molecule has 108 valence electrons. The van der Waals surface area contributed by atoms with Gasteiger partial charge in [-0.1, -0.05) is 11.2 Å². The molecule has 0 amide bonds. The Morgan fingerprint density at radius 2 is 1.95 bits per heavy atom. The predicted molar refractivity (Wildman–Crippen MR) is 77.9 cm³/mol. The molecule has 0 aliphatic carbocycles. The number of rotatable bonds is 2. The van der Waals surface area contributed by atoms with E-state index in [-0.39, 0.29) is 11.5 Å². The van der Waals surface area contributed by atoms with Crippen molar-refractivity contribution in [2.24, 2.45) is 5.18 Å². The number of benzene rings is 2. The first-order chi connectivity index (χ1) is 10.1. The number of hydrogen-bond donors (Lipinski definition) is 2. The highest BCUT2D eigenvalue weighted by molar-refractivity contribution is 5.54. The van der Waals surface area contributed by atoms with E-state index >= 15 is 0 Å². The SMILES string of the molecule is CC(N=O)c1ccc2c(c1)CCc1c(O)cc(O)cc1O2. The van der Waals surface area contributed by atoms with Crippen LogP contribution in [0.2, 0.25) is 0 Å². The van der Waals surface area contributed by atoms with Crippen LogP contribution in [0, 0.1) is 4.91 Å². The van der Waals surface area contributed by atoms with Crippen molar-refractivity contribution in [3.8, 4) is 23.0 Å². The van der Waals surface area contributed by atoms with Crippen LogP contribution in [-0.2, 0) is 12.8 Å². The monoisotopic (exact) mass is 285 g/mol. The summed E-state index contributed by atoms with van der Waals surface area (Å²) in [6.45, 7) is 1.74. The number of phenols is 2. The molecular weight excluding hydrogens is 270 g/mol. The number of aryl methyl sites for hydroxylation is 1. The van der Waals surface area contributed by atoms with Crippen molar-refractivity contribution in [1.29, 1.82) is 0 Å². The number of nitroso groups, excluding NO2 is 1. The van der Waals surface area contributed by atoms with Gasteiger partial charge in [0.05, 0.1) is 0 Å². The lowest BCUT2D eigenvalue weighted by atomic mass is 10.00. The van der Waals surface area contributed by atoms with Crippen LogP contribution in [-0.4, -0.2) is 10.2 Å². The molecule has 0 fully saturated rings. The van der Waals surface area contributed by atoms with E-state index in [1.807, 2.05) is 6.07 Å². The molecule has 0 saturated heterocycles. The minimum atomic E-state index is -0.404. The lowest BCUT2D eigenvalue weighted by Gasteiger charge is -2.11. The van der Waals surface area contributed by atoms with Crippen LogP contribution in [0.15, 0.2) is 35.5 Å². The fraction of sp³-hybridized carbons (Fsp3) is 0.250. The van der Waals surface area contributed by atoms with E-state index in [4.69, 9.17) is 4.74 Å². The molecular formula is C16H15NO4. The molecule has 0 bridgehead atoms. The van der Waals surface area contributed by atoms with Gasteiger partial charge in [0.2, 0.25) is 0 Å². The summed E-state index contributed by atoms with van der Waals surface area (Å²) in [4.78, 5) is 10.7. The first-order valence-electron chi connectivity index (χ1n) is 6.76. The molecule has 5 nitrogen and oxygen atoms in total. The Bertz CT molecular complexity index is 712. The maximum Gasteiger partial charge on any atom is 0.138 e. The Labute approximate surface area is 121 Å². The van der Waals surface area contributed by atoms with Crippen molar-refractivity contribution < 1.29 is 14.9 Å². The Morgan fingerprint density at radius 1 is 1.14 bits per heavy atom. The highest BCUT2D eigenvalue weighted by atomic mass is 16.5. The lowest BCUT2D eigenvalue weighted by molar-refractivity contribution is 0.427. The van der Waals surface area contributed by atoms with E-state index in [2.05, 4.69) is 5.18 Å². The highest BCUT2D eigenvalue weighted by Crippen LogP contribution is 2.40. The zero-order chi connectivity index (χ0) is 15.0. The topological polar surface area (TPSA) is 79.1 Å². The minimum Gasteiger partial charge on any atom is -0.508 e. The van der Waals surface area contributed by atoms with E-state index in [9.17, 15) is 15.1 Å². The Hall–Kier alpha value is -2.56. The van der Waals surface area contributed by atoms with Gasteiger partial charge in [0.15, 0.2) is 0 Å². The normalized spacial score (nSPS) is 14.3. The van der Waals surface area contributed by atoms with Crippen LogP contribution in [0.4, 0.5) is 0 Å². The molecule has 1 aliphatic heterocycles. The minimum absolute atomic E-state index is 0.0287. The Kier molecular flexibility index (Phi) is 3.25. The second-order valence-electron chi connectivity index (χ2n) is 5.19. The van der Waals surface area contributed by atoms with Crippen molar-refractivity contribution in [1.82, 2.24) is 0 Å². The van der Waals surface area contributed by atoms with Crippen LogP contribution >= 0.6 is 0 Å². The average molecular weight is 285 g/mol. The van der Waals surface area contributed by atoms with Gasteiger partial charge >= 0.3 is 0 Å². The van der Waals surface area contributed by atoms with Crippen LogP contribution < -0.4 is 4.74 Å². The van der Waals surface area contributed by atoms with Gasteiger partial charge in [-0.15, -0.1) is 0 Å². The average Bonchev–Trinajstić information content (AvgIpc) is 2.64. The standard InChI is InChI=1S/C16H15NO4/c1-9(17-20)10-3-5-15-11(6-10)2-4-13-14(19)7-12(18)8-16(13)21-15/h3,5-9,18-19H,2,4H2,1H3. The Balaban J connectivity index is 2.03. The molecule has 0 spiro atoms. The summed E-state index contributed by atoms with van der Waals surface area (Å²) in [7, 11) is 0. The van der Waals surface area contributed by atoms with Gasteiger partial charge in [0, 0.05) is 17.7 Å². The summed E-state index contributed by atoms with van der Waals surface area (Å²) in [6.07, 6.45) is 1.28. The smallest absolute Gasteiger partial charge is 0.138 e. The first kappa shape index (κ1) is 13.4. The number of aromatic hydroxyl groups is 2. The van der Waals surface area contributed by atoms with Crippen LogP contribution in [0.3, 0.4) is 0 Å². The molecule has 1 aliphatic rings. The number of fused-ring (bicyclic) bond motifs is 2. The molecule has 3 rings (SSSR count). The van der Waals surface area contributed by atoms with Crippen molar-refractivity contribution >= 4 is 0 Å². The van der Waals surface area contributed by atoms with Crippen LogP contribution in [0.25, 0.3) is 0 Å². The molecule has 21 heavy (non-hydrogen) atoms. The van der Waals surface area contributed by atoms with Crippen molar-refractivity contribution in [2.45, 2.75) is 25.8 Å². The van der Waals surface area contributed by atoms with Crippen molar-refractivity contribution in [2.75, 3.05) is 0 Å². The maximum absolute atomic E-state index is 10.7. The number of ether oxygens (including phenoxy) is 1. The molecule has 2 aromatic carbocycles. The zero-order valence-electron chi connectivity index (χ0n) is 11.5. The fourth-order valence-corrected chi connectivity index (χ4v) is 2.55. The van der Waals surface area contributed by atoms with Crippen molar-refractivity contribution in [3.05, 3.63) is 51.9 Å². The largest absolute Gasteiger partial charge is 0.508 e. The molecule has 0 saturated carbocycles. The third-order valence-corrected chi connectivity index (χ3v) is 3.76. The lowest BCUT2D eigenvalue weighted by Crippen LogP contribution is -1.94. The van der Waals surface area contributed by atoms with E-state index in [0.717, 1.165) is 11.1 Å². The molecule has 1 unspecified atom stereocenters. The van der Waals surface area contributed by atoms with Crippen molar-refractivity contribution in [3.63, 3.8) is 0 Å². The van der Waals surface area contributed by atoms with E-state index in [1.165, 1.54) is 12.1 Å². The van der Waals surface area contributed by atoms with Crippen LogP contribution in [0.5, 0.6) is 23.0 Å². The third-order valence-electron chi connectivity index (χ3n) is 3.76. The number of hydrogen-bond acceptors (Lipinski definition) is 5. The van der Waals surface area contributed by atoms with Gasteiger partial charge in [-0.3, -0.25) is 0 Å². The van der Waals surface area contributed by atoms with Gasteiger partial charge in [-0.25, -0.2) is 0 Å². The number of nitrogens with zero attached hydrogens (tertiary/aromatic N) is 1. The molecule has 0 radical (unpaired) electrons. The predicted octanol–water partition coefficient (Wildman–Crippen LogP) is 3.82. The van der Waals surface area contributed by atoms with Crippen LogP contribution in [0.1, 0.15) is 29.7 Å². The second-order valence-corrected chi connectivity index (χ2v) is 5.19. The summed E-state index contributed by atoms with van der Waals surface area (Å²) in [5.41, 5.74) is 2.47. The molecule has 2 N–H and O–H groups in total. The fourth-order valence-electron chi connectivity index (χ4n) is 2.55. The first-order valence-corrected chi connectivity index (χ1v) is 6.76. The van der Waals surface area contributed by atoms with E-state index < -0.39 is 6.04 Å². The van der Waals surface area contributed by atoms with Gasteiger partial charge < -0.3 is 14.9 Å². The molecule has 5 heteroatoms. The second kappa shape index (κ2) is 5.09. The highest BCUT2D eigenvalue weighted by Gasteiger charge is 2.19. The third kappa shape index (κ3) is 2.42. The maximum atomic E-state index is 10.7. The van der Waals surface area contributed by atoms with Gasteiger partial charge in [0.1, 0.15) is 29.0 Å². The van der Waals surface area contributed by atoms with E-state index in [0.29, 0.717) is 29.9 Å². The summed E-state index contributed by atoms with van der Waals surface area (Å²) < 4.78 is 5.80. The number of phenolic OH excluding ortho intramolecular Hbond substituents is 2. The van der Waals surface area contributed by atoms with Gasteiger partial charge in [-0.2, -0.15) is 4.91 Å². The molecule has 2 aromatic rings. The quantitative estimate of drug-likeness (QED) is 0.822. The summed E-state index contributed by atoms with van der Waals surface area (Å²) in [5.74, 6) is 1.12. The summed E-state index contributed by atoms with van der Waals surface area (Å²) >= 11 is 0. The Morgan fingerprint density at radius 3 is 2.71 bits per heavy atom. The zero-order valence-corrected chi connectivity index (χ0v) is 11.5. The molecule has 0 aromatic heterocycles.